The highest BCUT2D eigenvalue weighted by Gasteiger charge is 2.12. The maximum atomic E-state index is 12.2. The van der Waals surface area contributed by atoms with Gasteiger partial charge in [-0.15, -0.1) is 6.58 Å². The van der Waals surface area contributed by atoms with E-state index in [1.54, 1.807) is 48.5 Å². The van der Waals surface area contributed by atoms with Crippen LogP contribution in [0.15, 0.2) is 65.7 Å². The zero-order chi connectivity index (χ0) is 22.3. The van der Waals surface area contributed by atoms with Crippen molar-refractivity contribution in [2.75, 3.05) is 11.9 Å². The molecule has 0 aliphatic heterocycles. The molecular formula is C21H21ClN4O4S. The Hall–Kier alpha value is -3.01. The van der Waals surface area contributed by atoms with E-state index in [0.29, 0.717) is 28.0 Å². The van der Waals surface area contributed by atoms with Gasteiger partial charge in [0.1, 0.15) is 0 Å². The van der Waals surface area contributed by atoms with Gasteiger partial charge in [-0.3, -0.25) is 4.79 Å². The lowest BCUT2D eigenvalue weighted by molar-refractivity contribution is -0.116. The number of halogens is 1. The molecule has 1 aromatic heterocycles. The Balaban J connectivity index is 1.50. The third-order valence-electron chi connectivity index (χ3n) is 4.18. The number of hydrogen-bond donors (Lipinski definition) is 2. The molecule has 10 heteroatoms. The number of nitrogens with zero attached hydrogens (tertiary/aromatic N) is 2. The van der Waals surface area contributed by atoms with Crippen LogP contribution in [0.25, 0.3) is 11.4 Å². The summed E-state index contributed by atoms with van der Waals surface area (Å²) in [5, 5.41) is 7.29. The fraction of sp³-hybridized carbons (Fsp3) is 0.190. The number of benzene rings is 2. The van der Waals surface area contributed by atoms with E-state index >= 15 is 0 Å². The molecule has 3 rings (SSSR count). The van der Waals surface area contributed by atoms with Crippen LogP contribution in [0.1, 0.15) is 17.9 Å². The molecule has 0 saturated heterocycles. The number of anilines is 1. The van der Waals surface area contributed by atoms with Gasteiger partial charge in [-0.1, -0.05) is 35.0 Å². The molecule has 0 spiro atoms. The van der Waals surface area contributed by atoms with E-state index in [2.05, 4.69) is 26.8 Å². The first-order chi connectivity index (χ1) is 14.8. The van der Waals surface area contributed by atoms with Crippen molar-refractivity contribution < 1.29 is 17.7 Å². The fourth-order valence-electron chi connectivity index (χ4n) is 2.66. The molecule has 0 aliphatic rings. The molecule has 3 aromatic rings. The van der Waals surface area contributed by atoms with Crippen LogP contribution in [0, 0.1) is 0 Å². The Labute approximate surface area is 185 Å². The third kappa shape index (κ3) is 7.02. The number of aromatic nitrogens is 2. The zero-order valence-corrected chi connectivity index (χ0v) is 18.1. The van der Waals surface area contributed by atoms with E-state index in [4.69, 9.17) is 16.1 Å². The van der Waals surface area contributed by atoms with Crippen molar-refractivity contribution in [1.82, 2.24) is 14.9 Å². The smallest absolute Gasteiger partial charge is 0.227 e. The molecule has 2 aromatic carbocycles. The molecule has 162 valence electrons. The SMILES string of the molecule is C=CCNS(=O)(=O)Cc1ccc(NC(=O)CCc2nc(-c3ccc(Cl)cc3)no2)cc1. The van der Waals surface area contributed by atoms with E-state index in [1.165, 1.54) is 6.08 Å². The van der Waals surface area contributed by atoms with Crippen molar-refractivity contribution >= 4 is 33.2 Å². The van der Waals surface area contributed by atoms with Gasteiger partial charge in [-0.05, 0) is 42.0 Å². The quantitative estimate of drug-likeness (QED) is 0.447. The number of sulfonamides is 1. The first kappa shape index (κ1) is 22.7. The predicted molar refractivity (Wildman–Crippen MR) is 119 cm³/mol. The number of nitrogens with one attached hydrogen (secondary N) is 2. The lowest BCUT2D eigenvalue weighted by atomic mass is 10.2. The second kappa shape index (κ2) is 10.3. The average Bonchev–Trinajstić information content (AvgIpc) is 3.22. The monoisotopic (exact) mass is 460 g/mol. The summed E-state index contributed by atoms with van der Waals surface area (Å²) >= 11 is 5.87. The van der Waals surface area contributed by atoms with Gasteiger partial charge in [0.25, 0.3) is 0 Å². The van der Waals surface area contributed by atoms with Gasteiger partial charge in [-0.2, -0.15) is 4.98 Å². The van der Waals surface area contributed by atoms with Crippen molar-refractivity contribution in [3.8, 4) is 11.4 Å². The van der Waals surface area contributed by atoms with Crippen molar-refractivity contribution in [3.63, 3.8) is 0 Å². The van der Waals surface area contributed by atoms with E-state index in [-0.39, 0.29) is 31.0 Å². The van der Waals surface area contributed by atoms with Crippen molar-refractivity contribution in [1.29, 1.82) is 0 Å². The highest BCUT2D eigenvalue weighted by molar-refractivity contribution is 7.88. The van der Waals surface area contributed by atoms with E-state index in [9.17, 15) is 13.2 Å². The van der Waals surface area contributed by atoms with E-state index < -0.39 is 10.0 Å². The topological polar surface area (TPSA) is 114 Å². The number of aryl methyl sites for hydroxylation is 1. The van der Waals surface area contributed by atoms with Gasteiger partial charge >= 0.3 is 0 Å². The molecule has 8 nitrogen and oxygen atoms in total. The van der Waals surface area contributed by atoms with E-state index in [1.807, 2.05) is 0 Å². The molecule has 0 unspecified atom stereocenters. The van der Waals surface area contributed by atoms with Crippen LogP contribution in [0.2, 0.25) is 5.02 Å². The fourth-order valence-corrected chi connectivity index (χ4v) is 3.89. The summed E-state index contributed by atoms with van der Waals surface area (Å²) in [4.78, 5) is 16.5. The van der Waals surface area contributed by atoms with Gasteiger partial charge < -0.3 is 9.84 Å². The zero-order valence-electron chi connectivity index (χ0n) is 16.5. The normalized spacial score (nSPS) is 11.3. The Morgan fingerprint density at radius 3 is 2.52 bits per heavy atom. The Morgan fingerprint density at radius 1 is 1.13 bits per heavy atom. The summed E-state index contributed by atoms with van der Waals surface area (Å²) in [5.74, 6) is 0.412. The predicted octanol–water partition coefficient (Wildman–Crippen LogP) is 3.57. The first-order valence-electron chi connectivity index (χ1n) is 9.40. The number of carbonyl (C=O) groups excluding carboxylic acids is 1. The summed E-state index contributed by atoms with van der Waals surface area (Å²) < 4.78 is 31.4. The molecule has 1 heterocycles. The van der Waals surface area contributed by atoms with Crippen LogP contribution >= 0.6 is 11.6 Å². The summed E-state index contributed by atoms with van der Waals surface area (Å²) in [7, 11) is -3.43. The standard InChI is InChI=1S/C21H21ClN4O4S/c1-2-13-23-31(28,29)14-15-3-9-18(10-4-15)24-19(27)11-12-20-25-21(26-30-20)16-5-7-17(22)8-6-16/h2-10,23H,1,11-14H2,(H,24,27). The minimum Gasteiger partial charge on any atom is -0.339 e. The summed E-state index contributed by atoms with van der Waals surface area (Å²) in [6, 6.07) is 13.7. The molecule has 1 amide bonds. The molecule has 0 bridgehead atoms. The maximum absolute atomic E-state index is 12.2. The van der Waals surface area contributed by atoms with Gasteiger partial charge in [0.05, 0.1) is 5.75 Å². The lowest BCUT2D eigenvalue weighted by Crippen LogP contribution is -2.25. The molecule has 0 fully saturated rings. The summed E-state index contributed by atoms with van der Waals surface area (Å²) in [6.07, 6.45) is 1.92. The molecule has 0 aliphatic carbocycles. The van der Waals surface area contributed by atoms with Crippen LogP contribution in [0.5, 0.6) is 0 Å². The number of amides is 1. The molecule has 2 N–H and O–H groups in total. The Morgan fingerprint density at radius 2 is 1.84 bits per heavy atom. The maximum Gasteiger partial charge on any atom is 0.227 e. The summed E-state index contributed by atoms with van der Waals surface area (Å²) in [6.45, 7) is 3.66. The molecule has 0 atom stereocenters. The van der Waals surface area contributed by atoms with Crippen LogP contribution in [0.4, 0.5) is 5.69 Å². The second-order valence-electron chi connectivity index (χ2n) is 6.66. The minimum absolute atomic E-state index is 0.151. The van der Waals surface area contributed by atoms with Crippen molar-refractivity contribution in [2.24, 2.45) is 0 Å². The van der Waals surface area contributed by atoms with Crippen LogP contribution in [-0.2, 0) is 27.0 Å². The lowest BCUT2D eigenvalue weighted by Gasteiger charge is -2.07. The summed E-state index contributed by atoms with van der Waals surface area (Å²) in [5.41, 5.74) is 1.94. The van der Waals surface area contributed by atoms with Gasteiger partial charge in [0.2, 0.25) is 27.6 Å². The third-order valence-corrected chi connectivity index (χ3v) is 5.75. The Bertz CT molecular complexity index is 1140. The molecule has 0 radical (unpaired) electrons. The van der Waals surface area contributed by atoms with Crippen LogP contribution < -0.4 is 10.0 Å². The highest BCUT2D eigenvalue weighted by atomic mass is 35.5. The largest absolute Gasteiger partial charge is 0.339 e. The minimum atomic E-state index is -3.43. The van der Waals surface area contributed by atoms with Crippen molar-refractivity contribution in [2.45, 2.75) is 18.6 Å². The average molecular weight is 461 g/mol. The number of hydrogen-bond acceptors (Lipinski definition) is 6. The van der Waals surface area contributed by atoms with E-state index in [0.717, 1.165) is 5.56 Å². The Kier molecular flexibility index (Phi) is 7.56. The highest BCUT2D eigenvalue weighted by Crippen LogP contribution is 2.19. The van der Waals surface area contributed by atoms with Crippen LogP contribution in [0.3, 0.4) is 0 Å². The van der Waals surface area contributed by atoms with Gasteiger partial charge in [0.15, 0.2) is 0 Å². The van der Waals surface area contributed by atoms with Gasteiger partial charge in [0, 0.05) is 35.7 Å². The first-order valence-corrected chi connectivity index (χ1v) is 11.4. The van der Waals surface area contributed by atoms with Crippen molar-refractivity contribution in [3.05, 3.63) is 77.7 Å². The van der Waals surface area contributed by atoms with Gasteiger partial charge in [-0.25, -0.2) is 13.1 Å². The number of rotatable bonds is 10. The number of carbonyl (C=O) groups is 1. The molecule has 0 saturated carbocycles. The van der Waals surface area contributed by atoms with Crippen LogP contribution in [-0.4, -0.2) is 31.0 Å². The molecular weight excluding hydrogens is 440 g/mol. The second-order valence-corrected chi connectivity index (χ2v) is 8.90. The molecule has 31 heavy (non-hydrogen) atoms.